The smallest absolute Gasteiger partial charge is 0.257 e. The fourth-order valence-corrected chi connectivity index (χ4v) is 4.56. The van der Waals surface area contributed by atoms with Crippen molar-refractivity contribution in [2.24, 2.45) is 11.0 Å². The zero-order valence-corrected chi connectivity index (χ0v) is 18.6. The standard InChI is InChI=1S/C25H29N3O4/c1-17-9-11-27(12-10-17)15-25(29)28-22(19-5-8-23-24(13-19)32-16-31-23)14-21(26-28)18-3-6-20(30-2)7-4-18/h3-8,13,17,22H,9-12,14-16H2,1-2H3. The largest absolute Gasteiger partial charge is 0.497 e. The van der Waals surface area contributed by atoms with Crippen molar-refractivity contribution in [3.8, 4) is 17.2 Å². The normalized spacial score (nSPS) is 21.0. The molecule has 0 aliphatic carbocycles. The van der Waals surface area contributed by atoms with E-state index in [4.69, 9.17) is 19.3 Å². The summed E-state index contributed by atoms with van der Waals surface area (Å²) in [7, 11) is 1.65. The molecule has 1 atom stereocenters. The van der Waals surface area contributed by atoms with Gasteiger partial charge in [-0.25, -0.2) is 5.01 Å². The zero-order chi connectivity index (χ0) is 22.1. The van der Waals surface area contributed by atoms with Gasteiger partial charge in [-0.3, -0.25) is 9.69 Å². The summed E-state index contributed by atoms with van der Waals surface area (Å²) in [6.45, 7) is 4.83. The first kappa shape index (κ1) is 20.8. The molecule has 1 unspecified atom stereocenters. The summed E-state index contributed by atoms with van der Waals surface area (Å²) in [6, 6.07) is 13.6. The quantitative estimate of drug-likeness (QED) is 0.714. The third-order valence-electron chi connectivity index (χ3n) is 6.61. The Labute approximate surface area is 188 Å². The fraction of sp³-hybridized carbons (Fsp3) is 0.440. The molecular formula is C25H29N3O4. The van der Waals surface area contributed by atoms with Crippen molar-refractivity contribution in [1.82, 2.24) is 9.91 Å². The van der Waals surface area contributed by atoms with E-state index >= 15 is 0 Å². The van der Waals surface area contributed by atoms with Crippen molar-refractivity contribution in [2.75, 3.05) is 33.5 Å². The highest BCUT2D eigenvalue weighted by Crippen LogP contribution is 2.39. The Hall–Kier alpha value is -3.06. The van der Waals surface area contributed by atoms with E-state index < -0.39 is 0 Å². The lowest BCUT2D eigenvalue weighted by atomic mass is 9.97. The maximum absolute atomic E-state index is 13.4. The molecule has 0 aromatic heterocycles. The Morgan fingerprint density at radius 2 is 1.84 bits per heavy atom. The second-order valence-corrected chi connectivity index (χ2v) is 8.80. The highest BCUT2D eigenvalue weighted by atomic mass is 16.7. The molecule has 7 nitrogen and oxygen atoms in total. The van der Waals surface area contributed by atoms with Crippen LogP contribution >= 0.6 is 0 Å². The molecule has 32 heavy (non-hydrogen) atoms. The van der Waals surface area contributed by atoms with Crippen LogP contribution in [0.1, 0.15) is 43.4 Å². The van der Waals surface area contributed by atoms with Gasteiger partial charge in [0.1, 0.15) is 5.75 Å². The number of benzene rings is 2. The van der Waals surface area contributed by atoms with Gasteiger partial charge in [0.2, 0.25) is 6.79 Å². The first-order chi connectivity index (χ1) is 15.6. The van der Waals surface area contributed by atoms with Gasteiger partial charge in [-0.05, 0) is 79.4 Å². The minimum Gasteiger partial charge on any atom is -0.497 e. The van der Waals surface area contributed by atoms with Crippen LogP contribution in [-0.4, -0.2) is 55.1 Å². The summed E-state index contributed by atoms with van der Waals surface area (Å²) in [5, 5.41) is 6.48. The molecule has 1 saturated heterocycles. The Morgan fingerprint density at radius 1 is 1.09 bits per heavy atom. The molecule has 7 heteroatoms. The minimum absolute atomic E-state index is 0.0331. The number of carbonyl (C=O) groups is 1. The molecule has 3 aliphatic rings. The van der Waals surface area contributed by atoms with Crippen LogP contribution in [0, 0.1) is 5.92 Å². The number of hydrogen-bond acceptors (Lipinski definition) is 6. The second-order valence-electron chi connectivity index (χ2n) is 8.80. The van der Waals surface area contributed by atoms with Gasteiger partial charge in [0.15, 0.2) is 11.5 Å². The number of amides is 1. The summed E-state index contributed by atoms with van der Waals surface area (Å²) < 4.78 is 16.3. The van der Waals surface area contributed by atoms with Crippen LogP contribution in [0.2, 0.25) is 0 Å². The Kier molecular flexibility index (Phi) is 5.74. The number of likely N-dealkylation sites (tertiary alicyclic amines) is 1. The lowest BCUT2D eigenvalue weighted by Crippen LogP contribution is -2.41. The molecule has 0 bridgehead atoms. The number of hydrogen-bond donors (Lipinski definition) is 0. The summed E-state index contributed by atoms with van der Waals surface area (Å²) in [5.41, 5.74) is 2.90. The van der Waals surface area contributed by atoms with Crippen molar-refractivity contribution < 1.29 is 19.0 Å². The molecule has 1 amide bonds. The van der Waals surface area contributed by atoms with E-state index in [9.17, 15) is 4.79 Å². The van der Waals surface area contributed by atoms with Crippen molar-refractivity contribution in [3.05, 3.63) is 53.6 Å². The highest BCUT2D eigenvalue weighted by molar-refractivity contribution is 6.03. The Morgan fingerprint density at radius 3 is 2.59 bits per heavy atom. The molecule has 168 valence electrons. The molecule has 3 heterocycles. The van der Waals surface area contributed by atoms with Gasteiger partial charge >= 0.3 is 0 Å². The van der Waals surface area contributed by atoms with Gasteiger partial charge in [-0.15, -0.1) is 0 Å². The summed E-state index contributed by atoms with van der Waals surface area (Å²) in [5.74, 6) is 3.02. The number of hydrazone groups is 1. The van der Waals surface area contributed by atoms with Crippen LogP contribution in [0.5, 0.6) is 17.2 Å². The van der Waals surface area contributed by atoms with Crippen molar-refractivity contribution >= 4 is 11.6 Å². The van der Waals surface area contributed by atoms with Gasteiger partial charge in [0, 0.05) is 6.42 Å². The van der Waals surface area contributed by atoms with E-state index in [0.29, 0.717) is 13.0 Å². The maximum Gasteiger partial charge on any atom is 0.257 e. The number of nitrogens with zero attached hydrogens (tertiary/aromatic N) is 3. The van der Waals surface area contributed by atoms with E-state index in [0.717, 1.165) is 65.9 Å². The molecule has 2 aromatic carbocycles. The second kappa shape index (κ2) is 8.82. The van der Waals surface area contributed by atoms with Crippen molar-refractivity contribution in [2.45, 2.75) is 32.2 Å². The summed E-state index contributed by atoms with van der Waals surface area (Å²) in [6.07, 6.45) is 2.92. The number of piperidine rings is 1. The van der Waals surface area contributed by atoms with Crippen molar-refractivity contribution in [3.63, 3.8) is 0 Å². The Balaban J connectivity index is 1.41. The van der Waals surface area contributed by atoms with E-state index in [1.807, 2.05) is 42.5 Å². The molecule has 0 radical (unpaired) electrons. The summed E-state index contributed by atoms with van der Waals surface area (Å²) in [4.78, 5) is 15.6. The molecule has 2 aromatic rings. The van der Waals surface area contributed by atoms with Crippen LogP contribution in [0.3, 0.4) is 0 Å². The first-order valence-electron chi connectivity index (χ1n) is 11.3. The van der Waals surface area contributed by atoms with Crippen LogP contribution in [0.15, 0.2) is 47.6 Å². The van der Waals surface area contributed by atoms with Gasteiger partial charge in [-0.2, -0.15) is 5.10 Å². The number of fused-ring (bicyclic) bond motifs is 1. The van der Waals surface area contributed by atoms with E-state index in [2.05, 4.69) is 11.8 Å². The number of rotatable bonds is 5. The first-order valence-corrected chi connectivity index (χ1v) is 11.3. The number of ether oxygens (including phenoxy) is 3. The topological polar surface area (TPSA) is 63.6 Å². The van der Waals surface area contributed by atoms with Crippen molar-refractivity contribution in [1.29, 1.82) is 0 Å². The predicted molar refractivity (Wildman–Crippen MR) is 121 cm³/mol. The summed E-state index contributed by atoms with van der Waals surface area (Å²) >= 11 is 0. The van der Waals surface area contributed by atoms with Crippen LogP contribution < -0.4 is 14.2 Å². The van der Waals surface area contributed by atoms with Gasteiger partial charge < -0.3 is 14.2 Å². The van der Waals surface area contributed by atoms with Crippen LogP contribution in [0.25, 0.3) is 0 Å². The van der Waals surface area contributed by atoms with Gasteiger partial charge in [0.25, 0.3) is 5.91 Å². The molecular weight excluding hydrogens is 406 g/mol. The lowest BCUT2D eigenvalue weighted by molar-refractivity contribution is -0.134. The molecule has 0 saturated carbocycles. The number of methoxy groups -OCH3 is 1. The SMILES string of the molecule is COc1ccc(C2=NN(C(=O)CN3CCC(C)CC3)C(c3ccc4c(c3)OCO4)C2)cc1. The zero-order valence-electron chi connectivity index (χ0n) is 18.6. The number of carbonyl (C=O) groups excluding carboxylic acids is 1. The lowest BCUT2D eigenvalue weighted by Gasteiger charge is -2.31. The van der Waals surface area contributed by atoms with Crippen LogP contribution in [0.4, 0.5) is 0 Å². The van der Waals surface area contributed by atoms with E-state index in [1.165, 1.54) is 0 Å². The molecule has 1 fully saturated rings. The molecule has 5 rings (SSSR count). The van der Waals surface area contributed by atoms with Gasteiger partial charge in [-0.1, -0.05) is 13.0 Å². The molecule has 0 N–H and O–H groups in total. The van der Waals surface area contributed by atoms with E-state index in [1.54, 1.807) is 12.1 Å². The third-order valence-corrected chi connectivity index (χ3v) is 6.61. The fourth-order valence-electron chi connectivity index (χ4n) is 4.56. The average molecular weight is 436 g/mol. The third kappa shape index (κ3) is 4.17. The minimum atomic E-state index is -0.169. The molecule has 3 aliphatic heterocycles. The molecule has 0 spiro atoms. The Bertz CT molecular complexity index is 1010. The monoisotopic (exact) mass is 435 g/mol. The average Bonchev–Trinajstić information content (AvgIpc) is 3.47. The predicted octanol–water partition coefficient (Wildman–Crippen LogP) is 3.83. The highest BCUT2D eigenvalue weighted by Gasteiger charge is 2.35. The van der Waals surface area contributed by atoms with Gasteiger partial charge in [0.05, 0.1) is 25.4 Å². The maximum atomic E-state index is 13.4. The van der Waals surface area contributed by atoms with E-state index in [-0.39, 0.29) is 18.7 Å². The van der Waals surface area contributed by atoms with Crippen LogP contribution in [-0.2, 0) is 4.79 Å².